The molecule has 2 aliphatic rings. The van der Waals surface area contributed by atoms with E-state index in [1.165, 1.54) is 15.6 Å². The molecule has 0 unspecified atom stereocenters. The summed E-state index contributed by atoms with van der Waals surface area (Å²) in [6.45, 7) is 1.24. The van der Waals surface area contributed by atoms with Gasteiger partial charge in [0.25, 0.3) is 11.8 Å². The van der Waals surface area contributed by atoms with Crippen molar-refractivity contribution in [2.45, 2.75) is 38.0 Å². The van der Waals surface area contributed by atoms with Gasteiger partial charge in [-0.2, -0.15) is 5.10 Å². The highest BCUT2D eigenvalue weighted by Gasteiger charge is 2.36. The third-order valence-corrected chi connectivity index (χ3v) is 5.43. The predicted molar refractivity (Wildman–Crippen MR) is 98.7 cm³/mol. The number of nitrogens with zero attached hydrogens (tertiary/aromatic N) is 3. The molecule has 1 aliphatic carbocycles. The Labute approximate surface area is 163 Å². The minimum absolute atomic E-state index is 0.0198. The van der Waals surface area contributed by atoms with Crippen LogP contribution in [0.3, 0.4) is 0 Å². The molecule has 10 heteroatoms. The molecule has 2 heterocycles. The van der Waals surface area contributed by atoms with Crippen LogP contribution in [0.25, 0.3) is 0 Å². The van der Waals surface area contributed by atoms with Gasteiger partial charge in [-0.05, 0) is 19.3 Å². The fraction of sp³-hybridized carbons (Fsp3) is 0.667. The van der Waals surface area contributed by atoms with Gasteiger partial charge in [0.15, 0.2) is 5.69 Å². The van der Waals surface area contributed by atoms with E-state index < -0.39 is 0 Å². The van der Waals surface area contributed by atoms with Crippen molar-refractivity contribution >= 4 is 17.7 Å². The van der Waals surface area contributed by atoms with Gasteiger partial charge in [-0.15, -0.1) is 0 Å². The molecule has 0 spiro atoms. The Morgan fingerprint density at radius 1 is 1.46 bits per heavy atom. The number of likely N-dealkylation sites (N-methyl/N-ethyl adjacent to an activating group) is 1. The lowest BCUT2D eigenvalue weighted by atomic mass is 9.83. The monoisotopic (exact) mass is 393 g/mol. The number of amides is 3. The molecule has 1 aromatic rings. The second-order valence-corrected chi connectivity index (χ2v) is 7.24. The Hall–Kier alpha value is -2.46. The summed E-state index contributed by atoms with van der Waals surface area (Å²) in [4.78, 5) is 38.5. The maximum Gasteiger partial charge on any atom is 0.272 e. The number of aliphatic hydroxyl groups is 1. The third-order valence-electron chi connectivity index (χ3n) is 5.43. The van der Waals surface area contributed by atoms with Gasteiger partial charge in [-0.1, -0.05) is 0 Å². The molecule has 1 aromatic heterocycles. The molecule has 28 heavy (non-hydrogen) atoms. The zero-order valence-corrected chi connectivity index (χ0v) is 16.2. The molecule has 0 aromatic carbocycles. The summed E-state index contributed by atoms with van der Waals surface area (Å²) < 4.78 is 7.07. The van der Waals surface area contributed by atoms with Crippen molar-refractivity contribution in [1.82, 2.24) is 25.3 Å². The predicted octanol–water partition coefficient (Wildman–Crippen LogP) is -1.01. The number of ether oxygens (including phenoxy) is 1. The van der Waals surface area contributed by atoms with Crippen molar-refractivity contribution in [3.8, 4) is 0 Å². The van der Waals surface area contributed by atoms with E-state index in [2.05, 4.69) is 15.7 Å². The molecule has 1 fully saturated rings. The highest BCUT2D eigenvalue weighted by molar-refractivity contribution is 5.98. The van der Waals surface area contributed by atoms with E-state index in [9.17, 15) is 14.4 Å². The molecule has 3 N–H and O–H groups in total. The lowest BCUT2D eigenvalue weighted by Crippen LogP contribution is -2.50. The van der Waals surface area contributed by atoms with Gasteiger partial charge in [0.05, 0.1) is 25.3 Å². The smallest absolute Gasteiger partial charge is 0.272 e. The van der Waals surface area contributed by atoms with E-state index in [4.69, 9.17) is 9.84 Å². The molecule has 3 amide bonds. The molecule has 10 nitrogen and oxygen atoms in total. The largest absolute Gasteiger partial charge is 0.395 e. The molecule has 1 aliphatic heterocycles. The van der Waals surface area contributed by atoms with Crippen LogP contribution in [0, 0.1) is 5.92 Å². The summed E-state index contributed by atoms with van der Waals surface area (Å²) in [6, 6.07) is 1.25. The van der Waals surface area contributed by atoms with Gasteiger partial charge in [-0.25, -0.2) is 0 Å². The first kappa shape index (κ1) is 20.3. The SMILES string of the molecule is CO[C@H]1C[C@@H](C(=O)N(C)CCO)CC[C@@H]1NC(=O)c1cc2n(n1)CCNC2=O. The maximum atomic E-state index is 12.6. The van der Waals surface area contributed by atoms with E-state index in [-0.39, 0.29) is 48.1 Å². The zero-order chi connectivity index (χ0) is 20.3. The van der Waals surface area contributed by atoms with Gasteiger partial charge >= 0.3 is 0 Å². The number of carbonyl (C=O) groups excluding carboxylic acids is 3. The molecule has 0 bridgehead atoms. The molecule has 1 saturated carbocycles. The molecule has 0 saturated heterocycles. The molecular formula is C18H27N5O5. The molecule has 3 rings (SSSR count). The Balaban J connectivity index is 1.62. The summed E-state index contributed by atoms with van der Waals surface area (Å²) in [6.07, 6.45) is 1.43. The number of carbonyl (C=O) groups is 3. The molecular weight excluding hydrogens is 366 g/mol. The zero-order valence-electron chi connectivity index (χ0n) is 16.2. The highest BCUT2D eigenvalue weighted by atomic mass is 16.5. The van der Waals surface area contributed by atoms with Crippen molar-refractivity contribution < 1.29 is 24.2 Å². The number of fused-ring (bicyclic) bond motifs is 1. The molecule has 0 radical (unpaired) electrons. The van der Waals surface area contributed by atoms with Gasteiger partial charge in [0.2, 0.25) is 5.91 Å². The second kappa shape index (κ2) is 8.70. The van der Waals surface area contributed by atoms with Crippen LogP contribution in [-0.2, 0) is 16.1 Å². The number of aliphatic hydroxyl groups excluding tert-OH is 1. The number of hydrogen-bond acceptors (Lipinski definition) is 6. The van der Waals surface area contributed by atoms with Crippen molar-refractivity contribution in [3.05, 3.63) is 17.5 Å². The number of nitrogens with one attached hydrogen (secondary N) is 2. The van der Waals surface area contributed by atoms with Crippen LogP contribution in [0.2, 0.25) is 0 Å². The first-order valence-electron chi connectivity index (χ1n) is 9.50. The van der Waals surface area contributed by atoms with E-state index in [0.717, 1.165) is 0 Å². The van der Waals surface area contributed by atoms with Crippen molar-refractivity contribution in [1.29, 1.82) is 0 Å². The Kier molecular flexibility index (Phi) is 6.30. The van der Waals surface area contributed by atoms with Crippen LogP contribution in [0.1, 0.15) is 40.2 Å². The summed E-state index contributed by atoms with van der Waals surface area (Å²) in [5, 5.41) is 18.9. The van der Waals surface area contributed by atoms with Crippen molar-refractivity contribution in [3.63, 3.8) is 0 Å². The fourth-order valence-corrected chi connectivity index (χ4v) is 3.84. The van der Waals surface area contributed by atoms with Crippen LogP contribution in [0.4, 0.5) is 0 Å². The lowest BCUT2D eigenvalue weighted by Gasteiger charge is -2.36. The Morgan fingerprint density at radius 2 is 2.25 bits per heavy atom. The number of aromatic nitrogens is 2. The lowest BCUT2D eigenvalue weighted by molar-refractivity contribution is -0.137. The van der Waals surface area contributed by atoms with Gasteiger partial charge < -0.3 is 25.4 Å². The highest BCUT2D eigenvalue weighted by Crippen LogP contribution is 2.28. The summed E-state index contributed by atoms with van der Waals surface area (Å²) in [7, 11) is 3.23. The van der Waals surface area contributed by atoms with Crippen LogP contribution >= 0.6 is 0 Å². The second-order valence-electron chi connectivity index (χ2n) is 7.24. The van der Waals surface area contributed by atoms with E-state index in [0.29, 0.717) is 44.6 Å². The third kappa shape index (κ3) is 4.17. The van der Waals surface area contributed by atoms with E-state index in [1.54, 1.807) is 14.2 Å². The average molecular weight is 393 g/mol. The fourth-order valence-electron chi connectivity index (χ4n) is 3.84. The normalized spacial score (nSPS) is 24.2. The van der Waals surface area contributed by atoms with Gasteiger partial charge in [-0.3, -0.25) is 19.1 Å². The molecule has 154 valence electrons. The Bertz CT molecular complexity index is 749. The van der Waals surface area contributed by atoms with E-state index >= 15 is 0 Å². The summed E-state index contributed by atoms with van der Waals surface area (Å²) in [5.41, 5.74) is 0.573. The number of rotatable bonds is 6. The van der Waals surface area contributed by atoms with Crippen LogP contribution in [0.5, 0.6) is 0 Å². The van der Waals surface area contributed by atoms with Gasteiger partial charge in [0, 0.05) is 39.2 Å². The topological polar surface area (TPSA) is 126 Å². The maximum absolute atomic E-state index is 12.6. The average Bonchev–Trinajstić information content (AvgIpc) is 3.14. The van der Waals surface area contributed by atoms with Crippen LogP contribution < -0.4 is 10.6 Å². The van der Waals surface area contributed by atoms with Gasteiger partial charge in [0.1, 0.15) is 5.69 Å². The van der Waals surface area contributed by atoms with Crippen LogP contribution in [0.15, 0.2) is 6.07 Å². The minimum Gasteiger partial charge on any atom is -0.395 e. The molecule has 3 atom stereocenters. The summed E-state index contributed by atoms with van der Waals surface area (Å²) >= 11 is 0. The van der Waals surface area contributed by atoms with E-state index in [1.807, 2.05) is 0 Å². The minimum atomic E-state index is -0.357. The Morgan fingerprint density at radius 3 is 2.93 bits per heavy atom. The van der Waals surface area contributed by atoms with Crippen LogP contribution in [-0.4, -0.2) is 83.5 Å². The van der Waals surface area contributed by atoms with Crippen molar-refractivity contribution in [2.75, 3.05) is 33.9 Å². The standard InChI is InChI=1S/C18H27N5O5/c1-22(7-8-24)18(27)11-3-4-12(15(9-11)28-2)20-16(25)13-10-14-17(26)19-5-6-23(14)21-13/h10-12,15,24H,3-9H2,1-2H3,(H,19,26)(H,20,25)/t11-,12-,15-/m0/s1. The first-order chi connectivity index (χ1) is 13.4. The number of hydrogen-bond donors (Lipinski definition) is 3. The quantitative estimate of drug-likeness (QED) is 0.569. The first-order valence-corrected chi connectivity index (χ1v) is 9.50. The summed E-state index contributed by atoms with van der Waals surface area (Å²) in [5.74, 6) is -0.811. The van der Waals surface area contributed by atoms with Crippen molar-refractivity contribution in [2.24, 2.45) is 5.92 Å². The number of methoxy groups -OCH3 is 1.